The van der Waals surface area contributed by atoms with E-state index in [1.54, 1.807) is 24.3 Å². The number of hydrogen-bond donors (Lipinski definition) is 2. The molecule has 0 heterocycles. The predicted octanol–water partition coefficient (Wildman–Crippen LogP) is 4.86. The van der Waals surface area contributed by atoms with E-state index >= 15 is 0 Å². The molecule has 2 N–H and O–H groups in total. The van der Waals surface area contributed by atoms with Crippen LogP contribution >= 0.6 is 0 Å². The summed E-state index contributed by atoms with van der Waals surface area (Å²) in [5.41, 5.74) is 0.101. The minimum Gasteiger partial charge on any atom is -0.447 e. The number of ether oxygens (including phenoxy) is 1. The number of ketones is 1. The number of benzene rings is 1. The van der Waals surface area contributed by atoms with Crippen molar-refractivity contribution in [3.05, 3.63) is 47.5 Å². The van der Waals surface area contributed by atoms with E-state index < -0.39 is 23.6 Å². The molecule has 3 fully saturated rings. The van der Waals surface area contributed by atoms with E-state index in [1.165, 1.54) is 5.57 Å². The molecule has 3 saturated carbocycles. The molecule has 0 aromatic heterocycles. The molecule has 4 aliphatic rings. The second-order valence-corrected chi connectivity index (χ2v) is 12.0. The Labute approximate surface area is 202 Å². The van der Waals surface area contributed by atoms with Gasteiger partial charge in [0.05, 0.1) is 11.7 Å². The van der Waals surface area contributed by atoms with Crippen molar-refractivity contribution >= 4 is 11.8 Å². The number of esters is 1. The topological polar surface area (TPSA) is 83.8 Å². The number of aliphatic hydroxyl groups excluding tert-OH is 2. The van der Waals surface area contributed by atoms with Gasteiger partial charge in [0, 0.05) is 5.41 Å². The van der Waals surface area contributed by atoms with Crippen molar-refractivity contribution in [2.24, 2.45) is 28.1 Å². The molecule has 0 spiro atoms. The third-order valence-electron chi connectivity index (χ3n) is 10.7. The number of Topliss-reactive ketones (excluding diaryl/α,β-unsaturated/α-hetero) is 1. The van der Waals surface area contributed by atoms with Crippen molar-refractivity contribution < 1.29 is 24.5 Å². The lowest BCUT2D eigenvalue weighted by atomic mass is 9.40. The fraction of sp³-hybridized carbons (Fsp3) is 0.655. The zero-order valence-electron chi connectivity index (χ0n) is 20.7. The lowest BCUT2D eigenvalue weighted by Crippen LogP contribution is -2.62. The van der Waals surface area contributed by atoms with Crippen LogP contribution in [0.5, 0.6) is 0 Å². The Bertz CT molecular complexity index is 1020. The van der Waals surface area contributed by atoms with E-state index in [1.807, 2.05) is 6.07 Å². The van der Waals surface area contributed by atoms with Crippen LogP contribution in [0.2, 0.25) is 0 Å². The fourth-order valence-electron chi connectivity index (χ4n) is 8.97. The average molecular weight is 467 g/mol. The normalized spacial score (nSPS) is 43.2. The van der Waals surface area contributed by atoms with Gasteiger partial charge in [-0.3, -0.25) is 4.79 Å². The lowest BCUT2D eigenvalue weighted by Gasteiger charge is -2.64. The Kier molecular flexibility index (Phi) is 5.61. The summed E-state index contributed by atoms with van der Waals surface area (Å²) in [6.07, 6.45) is 8.58. The van der Waals surface area contributed by atoms with Gasteiger partial charge in [-0.15, -0.1) is 0 Å². The lowest BCUT2D eigenvalue weighted by molar-refractivity contribution is -0.179. The highest BCUT2D eigenvalue weighted by atomic mass is 16.6. The van der Waals surface area contributed by atoms with Crippen LogP contribution in [0.1, 0.15) is 82.5 Å². The molecule has 184 valence electrons. The molecule has 0 radical (unpaired) electrons. The van der Waals surface area contributed by atoms with Gasteiger partial charge in [0.1, 0.15) is 6.61 Å². The van der Waals surface area contributed by atoms with E-state index in [9.17, 15) is 19.8 Å². The van der Waals surface area contributed by atoms with E-state index in [-0.39, 0.29) is 28.6 Å². The van der Waals surface area contributed by atoms with Crippen LogP contribution < -0.4 is 0 Å². The number of aliphatic hydroxyl groups is 2. The maximum atomic E-state index is 13.4. The molecule has 1 aromatic rings. The van der Waals surface area contributed by atoms with Gasteiger partial charge in [0.2, 0.25) is 5.78 Å². The Balaban J connectivity index is 1.52. The Morgan fingerprint density at radius 2 is 1.68 bits per heavy atom. The van der Waals surface area contributed by atoms with Gasteiger partial charge in [0.15, 0.2) is 5.60 Å². The van der Waals surface area contributed by atoms with Gasteiger partial charge in [-0.25, -0.2) is 4.79 Å². The molecular formula is C29H38O5. The number of hydrogen-bond acceptors (Lipinski definition) is 5. The molecule has 7 atom stereocenters. The summed E-state index contributed by atoms with van der Waals surface area (Å²) in [6.45, 7) is 6.29. The minimum atomic E-state index is -1.30. The Hall–Kier alpha value is -1.98. The zero-order valence-corrected chi connectivity index (χ0v) is 20.7. The highest BCUT2D eigenvalue weighted by Crippen LogP contribution is 2.73. The zero-order chi connectivity index (χ0) is 24.4. The number of allylic oxidation sites excluding steroid dienone is 1. The standard InChI is InChI=1S/C29H38O5/c1-26-14-10-21(31)17-20(26)9-13-27(2)22(26)11-15-28(3)23(27)12-16-29(28,24(32)18-30)34-25(33)19-7-5-4-6-8-19/h4-8,17,21-23,30-31H,9-16,18H2,1-3H3/t21?,22-,23+,26+,27-,28+,29+/m1/s1. The third kappa shape index (κ3) is 3.12. The molecule has 0 aliphatic heterocycles. The molecule has 4 aliphatic carbocycles. The monoisotopic (exact) mass is 466 g/mol. The molecule has 34 heavy (non-hydrogen) atoms. The largest absolute Gasteiger partial charge is 0.447 e. The predicted molar refractivity (Wildman–Crippen MR) is 129 cm³/mol. The van der Waals surface area contributed by atoms with Gasteiger partial charge < -0.3 is 14.9 Å². The fourth-order valence-corrected chi connectivity index (χ4v) is 8.97. The summed E-state index contributed by atoms with van der Waals surface area (Å²) >= 11 is 0. The van der Waals surface area contributed by atoms with Crippen molar-refractivity contribution in [1.29, 1.82) is 0 Å². The SMILES string of the molecule is C[C@@]12CCC3=CC(O)CC[C@]3(C)[C@H]1CC[C@@]1(C)[C@H]2CC[C@]1(OC(=O)c1ccccc1)C(=O)CO. The van der Waals surface area contributed by atoms with Gasteiger partial charge in [0.25, 0.3) is 0 Å². The second kappa shape index (κ2) is 8.03. The van der Waals surface area contributed by atoms with E-state index in [2.05, 4.69) is 26.8 Å². The van der Waals surface area contributed by atoms with E-state index in [0.29, 0.717) is 17.9 Å². The molecule has 5 rings (SSSR count). The van der Waals surface area contributed by atoms with Crippen LogP contribution in [0.25, 0.3) is 0 Å². The maximum Gasteiger partial charge on any atom is 0.339 e. The summed E-state index contributed by atoms with van der Waals surface area (Å²) in [4.78, 5) is 26.6. The molecule has 5 heteroatoms. The number of fused-ring (bicyclic) bond motifs is 5. The highest BCUT2D eigenvalue weighted by Gasteiger charge is 2.71. The third-order valence-corrected chi connectivity index (χ3v) is 10.7. The molecular weight excluding hydrogens is 428 g/mol. The van der Waals surface area contributed by atoms with Gasteiger partial charge in [-0.05, 0) is 86.2 Å². The molecule has 1 aromatic carbocycles. The number of carbonyl (C=O) groups excluding carboxylic acids is 2. The van der Waals surface area contributed by atoms with Gasteiger partial charge >= 0.3 is 5.97 Å². The molecule has 0 saturated heterocycles. The van der Waals surface area contributed by atoms with Crippen LogP contribution in [0.15, 0.2) is 42.0 Å². The minimum absolute atomic E-state index is 0.0119. The second-order valence-electron chi connectivity index (χ2n) is 12.0. The van der Waals surface area contributed by atoms with Crippen LogP contribution in [0.4, 0.5) is 0 Å². The molecule has 0 bridgehead atoms. The first kappa shape index (κ1) is 23.7. The van der Waals surface area contributed by atoms with Crippen LogP contribution in [0, 0.1) is 28.1 Å². The van der Waals surface area contributed by atoms with Crippen molar-refractivity contribution in [2.75, 3.05) is 6.61 Å². The average Bonchev–Trinajstić information content (AvgIpc) is 3.13. The van der Waals surface area contributed by atoms with Crippen molar-refractivity contribution in [3.63, 3.8) is 0 Å². The quantitative estimate of drug-likeness (QED) is 0.489. The summed E-state index contributed by atoms with van der Waals surface area (Å²) < 4.78 is 6.19. The first-order chi connectivity index (χ1) is 16.1. The summed E-state index contributed by atoms with van der Waals surface area (Å²) in [5, 5.41) is 20.3. The Morgan fingerprint density at radius 3 is 2.38 bits per heavy atom. The first-order valence-electron chi connectivity index (χ1n) is 12.9. The number of carbonyl (C=O) groups is 2. The highest BCUT2D eigenvalue weighted by molar-refractivity contribution is 5.96. The van der Waals surface area contributed by atoms with Crippen LogP contribution in [-0.2, 0) is 9.53 Å². The smallest absolute Gasteiger partial charge is 0.339 e. The molecule has 1 unspecified atom stereocenters. The summed E-state index contributed by atoms with van der Waals surface area (Å²) in [7, 11) is 0. The van der Waals surface area contributed by atoms with Crippen LogP contribution in [-0.4, -0.2) is 40.3 Å². The van der Waals surface area contributed by atoms with E-state index in [0.717, 1.165) is 44.9 Å². The maximum absolute atomic E-state index is 13.4. The van der Waals surface area contributed by atoms with Crippen molar-refractivity contribution in [2.45, 2.75) is 83.8 Å². The van der Waals surface area contributed by atoms with Crippen molar-refractivity contribution in [3.8, 4) is 0 Å². The first-order valence-corrected chi connectivity index (χ1v) is 12.9. The summed E-state index contributed by atoms with van der Waals surface area (Å²) in [6, 6.07) is 8.84. The van der Waals surface area contributed by atoms with Gasteiger partial charge in [-0.2, -0.15) is 0 Å². The summed E-state index contributed by atoms with van der Waals surface area (Å²) in [5.74, 6) is -0.163. The van der Waals surface area contributed by atoms with Crippen LogP contribution in [0.3, 0.4) is 0 Å². The molecule has 0 amide bonds. The van der Waals surface area contributed by atoms with Gasteiger partial charge in [-0.1, -0.05) is 50.6 Å². The van der Waals surface area contributed by atoms with Crippen molar-refractivity contribution in [1.82, 2.24) is 0 Å². The Morgan fingerprint density at radius 1 is 0.971 bits per heavy atom. The van der Waals surface area contributed by atoms with E-state index in [4.69, 9.17) is 4.74 Å². The molecule has 5 nitrogen and oxygen atoms in total. The number of rotatable bonds is 4.